The molecule has 0 spiro atoms. The Labute approximate surface area is 176 Å². The van der Waals surface area contributed by atoms with E-state index in [1.807, 2.05) is 13.0 Å². The van der Waals surface area contributed by atoms with E-state index in [9.17, 15) is 18.0 Å². The molecule has 1 aliphatic heterocycles. The summed E-state index contributed by atoms with van der Waals surface area (Å²) in [5.41, 5.74) is 2.38. The molecule has 2 N–H and O–H groups in total. The zero-order valence-electron chi connectivity index (χ0n) is 17.1. The first-order valence-electron chi connectivity index (χ1n) is 9.83. The second-order valence-corrected chi connectivity index (χ2v) is 9.29. The first-order valence-corrected chi connectivity index (χ1v) is 11.3. The highest BCUT2D eigenvalue weighted by Crippen LogP contribution is 2.28. The largest absolute Gasteiger partial charge is 0.346 e. The molecular weight excluding hydrogens is 404 g/mol. The standard InChI is InChI=1S/C21H26N4O4S/c1-15-5-6-16(2)19(12-15)30(28,29)25-11-3-4-18(25)14-24-21(27)20(26)23-13-17-7-9-22-10-8-17/h5-10,12,18H,3-4,11,13-14H2,1-2H3,(H,23,26)(H,24,27). The van der Waals surface area contributed by atoms with Crippen LogP contribution in [0.3, 0.4) is 0 Å². The summed E-state index contributed by atoms with van der Waals surface area (Å²) in [6.07, 6.45) is 4.54. The van der Waals surface area contributed by atoms with Crippen LogP contribution in [-0.4, -0.2) is 48.7 Å². The molecule has 1 unspecified atom stereocenters. The fraction of sp³-hybridized carbons (Fsp3) is 0.381. The number of nitrogens with zero attached hydrogens (tertiary/aromatic N) is 2. The summed E-state index contributed by atoms with van der Waals surface area (Å²) in [6.45, 7) is 4.32. The number of carbonyl (C=O) groups excluding carboxylic acids is 2. The number of sulfonamides is 1. The highest BCUT2D eigenvalue weighted by molar-refractivity contribution is 7.89. The minimum atomic E-state index is -3.68. The number of nitrogens with one attached hydrogen (secondary N) is 2. The Bertz CT molecular complexity index is 1020. The third-order valence-corrected chi connectivity index (χ3v) is 7.25. The molecule has 160 valence electrons. The minimum absolute atomic E-state index is 0.0889. The first-order chi connectivity index (χ1) is 14.3. The minimum Gasteiger partial charge on any atom is -0.346 e. The van der Waals surface area contributed by atoms with Gasteiger partial charge in [-0.15, -0.1) is 0 Å². The molecule has 0 saturated carbocycles. The summed E-state index contributed by atoms with van der Waals surface area (Å²) >= 11 is 0. The molecule has 1 aromatic carbocycles. The van der Waals surface area contributed by atoms with Crippen molar-refractivity contribution < 1.29 is 18.0 Å². The Balaban J connectivity index is 1.60. The molecule has 3 rings (SSSR count). The van der Waals surface area contributed by atoms with E-state index in [1.165, 1.54) is 4.31 Å². The van der Waals surface area contributed by atoms with Crippen molar-refractivity contribution in [2.45, 2.75) is 44.2 Å². The Morgan fingerprint density at radius 3 is 2.53 bits per heavy atom. The van der Waals surface area contributed by atoms with Crippen molar-refractivity contribution in [2.24, 2.45) is 0 Å². The number of amides is 2. The van der Waals surface area contributed by atoms with E-state index >= 15 is 0 Å². The van der Waals surface area contributed by atoms with E-state index < -0.39 is 21.8 Å². The molecule has 8 nitrogen and oxygen atoms in total. The average Bonchev–Trinajstić information content (AvgIpc) is 3.22. The average molecular weight is 431 g/mol. The first kappa shape index (κ1) is 21.9. The van der Waals surface area contributed by atoms with Gasteiger partial charge in [0, 0.05) is 38.1 Å². The van der Waals surface area contributed by atoms with E-state index in [1.54, 1.807) is 43.6 Å². The van der Waals surface area contributed by atoms with Crippen LogP contribution in [0.5, 0.6) is 0 Å². The fourth-order valence-electron chi connectivity index (χ4n) is 3.50. The number of benzene rings is 1. The Morgan fingerprint density at radius 1 is 1.10 bits per heavy atom. The SMILES string of the molecule is Cc1ccc(C)c(S(=O)(=O)N2CCCC2CNC(=O)C(=O)NCc2ccncc2)c1. The van der Waals surface area contributed by atoms with Crippen LogP contribution in [-0.2, 0) is 26.2 Å². The molecular formula is C21H26N4O4S. The maximum absolute atomic E-state index is 13.2. The van der Waals surface area contributed by atoms with Crippen LogP contribution in [0.4, 0.5) is 0 Å². The normalized spacial score (nSPS) is 16.9. The molecule has 1 aromatic heterocycles. The van der Waals surface area contributed by atoms with Crippen molar-refractivity contribution >= 4 is 21.8 Å². The number of aromatic nitrogens is 1. The Morgan fingerprint density at radius 2 is 1.80 bits per heavy atom. The number of hydrogen-bond donors (Lipinski definition) is 2. The lowest BCUT2D eigenvalue weighted by Gasteiger charge is -2.25. The molecule has 0 aliphatic carbocycles. The zero-order valence-corrected chi connectivity index (χ0v) is 17.9. The van der Waals surface area contributed by atoms with Crippen molar-refractivity contribution in [3.63, 3.8) is 0 Å². The van der Waals surface area contributed by atoms with Gasteiger partial charge in [-0.05, 0) is 61.6 Å². The van der Waals surface area contributed by atoms with Crippen LogP contribution in [0.1, 0.15) is 29.5 Å². The van der Waals surface area contributed by atoms with Crippen molar-refractivity contribution in [2.75, 3.05) is 13.1 Å². The zero-order chi connectivity index (χ0) is 21.7. The number of carbonyl (C=O) groups is 2. The molecule has 1 saturated heterocycles. The molecule has 2 heterocycles. The third-order valence-electron chi connectivity index (χ3n) is 5.16. The van der Waals surface area contributed by atoms with Gasteiger partial charge in [0.25, 0.3) is 0 Å². The molecule has 2 amide bonds. The van der Waals surface area contributed by atoms with Crippen LogP contribution in [0, 0.1) is 13.8 Å². The second kappa shape index (κ2) is 9.36. The van der Waals surface area contributed by atoms with Crippen LogP contribution >= 0.6 is 0 Å². The fourth-order valence-corrected chi connectivity index (χ4v) is 5.50. The predicted molar refractivity (Wildman–Crippen MR) is 112 cm³/mol. The van der Waals surface area contributed by atoms with Crippen molar-refractivity contribution in [3.8, 4) is 0 Å². The number of rotatable bonds is 6. The Hall–Kier alpha value is -2.78. The van der Waals surface area contributed by atoms with Gasteiger partial charge in [0.1, 0.15) is 0 Å². The molecule has 30 heavy (non-hydrogen) atoms. The monoisotopic (exact) mass is 430 g/mol. The summed E-state index contributed by atoms with van der Waals surface area (Å²) in [5, 5.41) is 5.12. The maximum atomic E-state index is 13.2. The topological polar surface area (TPSA) is 108 Å². The summed E-state index contributed by atoms with van der Waals surface area (Å²) in [6, 6.07) is 8.44. The molecule has 0 bridgehead atoms. The van der Waals surface area contributed by atoms with E-state index in [0.717, 1.165) is 11.1 Å². The lowest BCUT2D eigenvalue weighted by molar-refractivity contribution is -0.139. The Kier molecular flexibility index (Phi) is 6.84. The van der Waals surface area contributed by atoms with E-state index in [2.05, 4.69) is 15.6 Å². The van der Waals surface area contributed by atoms with Crippen molar-refractivity contribution in [1.29, 1.82) is 0 Å². The molecule has 2 aromatic rings. The van der Waals surface area contributed by atoms with Gasteiger partial charge in [0.05, 0.1) is 4.90 Å². The second-order valence-electron chi connectivity index (χ2n) is 7.43. The molecule has 9 heteroatoms. The van der Waals surface area contributed by atoms with E-state index in [-0.39, 0.29) is 24.0 Å². The van der Waals surface area contributed by atoms with Gasteiger partial charge in [-0.25, -0.2) is 8.42 Å². The van der Waals surface area contributed by atoms with E-state index in [4.69, 9.17) is 0 Å². The number of aryl methyl sites for hydroxylation is 2. The van der Waals surface area contributed by atoms with Crippen molar-refractivity contribution in [1.82, 2.24) is 19.9 Å². The van der Waals surface area contributed by atoms with Gasteiger partial charge in [-0.1, -0.05) is 12.1 Å². The van der Waals surface area contributed by atoms with Gasteiger partial charge in [0.15, 0.2) is 0 Å². The molecule has 1 fully saturated rings. The lowest BCUT2D eigenvalue weighted by atomic mass is 10.2. The van der Waals surface area contributed by atoms with Gasteiger partial charge < -0.3 is 10.6 Å². The van der Waals surface area contributed by atoms with Crippen LogP contribution in [0.2, 0.25) is 0 Å². The summed E-state index contributed by atoms with van der Waals surface area (Å²) in [5.74, 6) is -1.53. The van der Waals surface area contributed by atoms with Crippen LogP contribution in [0.25, 0.3) is 0 Å². The molecule has 1 atom stereocenters. The summed E-state index contributed by atoms with van der Waals surface area (Å²) in [7, 11) is -3.68. The molecule has 1 aliphatic rings. The third kappa shape index (κ3) is 5.03. The highest BCUT2D eigenvalue weighted by atomic mass is 32.2. The van der Waals surface area contributed by atoms with Crippen molar-refractivity contribution in [3.05, 3.63) is 59.4 Å². The lowest BCUT2D eigenvalue weighted by Crippen LogP contribution is -2.46. The summed E-state index contributed by atoms with van der Waals surface area (Å²) < 4.78 is 27.8. The van der Waals surface area contributed by atoms with Crippen LogP contribution in [0.15, 0.2) is 47.6 Å². The highest BCUT2D eigenvalue weighted by Gasteiger charge is 2.36. The number of hydrogen-bond acceptors (Lipinski definition) is 5. The predicted octanol–water partition coefficient (Wildman–Crippen LogP) is 1.28. The van der Waals surface area contributed by atoms with Gasteiger partial charge in [-0.2, -0.15) is 4.31 Å². The van der Waals surface area contributed by atoms with Crippen LogP contribution < -0.4 is 10.6 Å². The van der Waals surface area contributed by atoms with E-state index in [0.29, 0.717) is 24.9 Å². The summed E-state index contributed by atoms with van der Waals surface area (Å²) in [4.78, 5) is 28.4. The smallest absolute Gasteiger partial charge is 0.309 e. The number of pyridine rings is 1. The molecule has 0 radical (unpaired) electrons. The van der Waals surface area contributed by atoms with Gasteiger partial charge in [-0.3, -0.25) is 14.6 Å². The quantitative estimate of drug-likeness (QED) is 0.671. The van der Waals surface area contributed by atoms with Gasteiger partial charge in [0.2, 0.25) is 10.0 Å². The maximum Gasteiger partial charge on any atom is 0.309 e. The van der Waals surface area contributed by atoms with Gasteiger partial charge >= 0.3 is 11.8 Å².